The topological polar surface area (TPSA) is 47.8 Å². The van der Waals surface area contributed by atoms with Gasteiger partial charge in [-0.15, -0.1) is 0 Å². The molecule has 0 unspecified atom stereocenters. The van der Waals surface area contributed by atoms with Crippen LogP contribution in [0.4, 0.5) is 0 Å². The predicted octanol–water partition coefficient (Wildman–Crippen LogP) is 2.48. The van der Waals surface area contributed by atoms with Crippen molar-refractivity contribution in [3.05, 3.63) is 12.2 Å². The van der Waals surface area contributed by atoms with Crippen LogP contribution in [-0.4, -0.2) is 20.5 Å². The van der Waals surface area contributed by atoms with E-state index in [9.17, 15) is 4.79 Å². The van der Waals surface area contributed by atoms with Crippen LogP contribution >= 0.6 is 0 Å². The van der Waals surface area contributed by atoms with Crippen molar-refractivity contribution in [3.63, 3.8) is 0 Å². The van der Waals surface area contributed by atoms with E-state index in [0.29, 0.717) is 18.1 Å². The average Bonchev–Trinajstić information content (AvgIpc) is 2.64. The monoisotopic (exact) mass is 237 g/mol. The molecule has 4 nitrogen and oxygen atoms in total. The van der Waals surface area contributed by atoms with Gasteiger partial charge in [0.05, 0.1) is 0 Å². The van der Waals surface area contributed by atoms with Gasteiger partial charge in [0.2, 0.25) is 0 Å². The molecule has 0 saturated carbocycles. The second-order valence-electron chi connectivity index (χ2n) is 5.23. The summed E-state index contributed by atoms with van der Waals surface area (Å²) in [4.78, 5) is 15.7. The Morgan fingerprint density at radius 3 is 2.65 bits per heavy atom. The number of carbonyl (C=O) groups is 1. The van der Waals surface area contributed by atoms with E-state index < -0.39 is 0 Å². The Morgan fingerprint density at radius 1 is 1.35 bits per heavy atom. The molecule has 96 valence electrons. The van der Waals surface area contributed by atoms with Gasteiger partial charge in [-0.25, -0.2) is 9.67 Å². The maximum Gasteiger partial charge on any atom is 0.138 e. The molecule has 1 heterocycles. The summed E-state index contributed by atoms with van der Waals surface area (Å²) < 4.78 is 1.95. The molecule has 0 spiro atoms. The lowest BCUT2D eigenvalue weighted by molar-refractivity contribution is -0.121. The molecule has 0 aliphatic carbocycles. The third kappa shape index (κ3) is 4.67. The summed E-state index contributed by atoms with van der Waals surface area (Å²) in [5.74, 6) is 2.03. The Morgan fingerprint density at radius 2 is 2.06 bits per heavy atom. The van der Waals surface area contributed by atoms with Crippen LogP contribution in [0.2, 0.25) is 0 Å². The Bertz CT molecular complexity index is 355. The third-order valence-electron chi connectivity index (χ3n) is 2.70. The van der Waals surface area contributed by atoms with Crippen molar-refractivity contribution in [1.82, 2.24) is 14.8 Å². The molecule has 0 radical (unpaired) electrons. The molecule has 0 amide bonds. The number of aromatic nitrogens is 3. The Balaban J connectivity index is 2.41. The number of carbonyl (C=O) groups excluding carboxylic acids is 1. The number of rotatable bonds is 7. The van der Waals surface area contributed by atoms with E-state index in [4.69, 9.17) is 0 Å². The van der Waals surface area contributed by atoms with Crippen molar-refractivity contribution in [3.8, 4) is 0 Å². The zero-order chi connectivity index (χ0) is 12.8. The lowest BCUT2D eigenvalue weighted by atomic mass is 10.0. The minimum absolute atomic E-state index is 0.142. The van der Waals surface area contributed by atoms with E-state index >= 15 is 0 Å². The Kier molecular flexibility index (Phi) is 5.32. The molecular formula is C13H23N3O. The molecule has 1 aromatic rings. The lowest BCUT2D eigenvalue weighted by Gasteiger charge is -2.08. The van der Waals surface area contributed by atoms with Crippen molar-refractivity contribution in [2.24, 2.45) is 11.8 Å². The molecule has 0 N–H and O–H groups in total. The summed E-state index contributed by atoms with van der Waals surface area (Å²) >= 11 is 0. The summed E-state index contributed by atoms with van der Waals surface area (Å²) in [5.41, 5.74) is 0. The lowest BCUT2D eigenvalue weighted by Crippen LogP contribution is -2.12. The van der Waals surface area contributed by atoms with Crippen molar-refractivity contribution in [1.29, 1.82) is 0 Å². The fraction of sp³-hybridized carbons (Fsp3) is 0.769. The molecular weight excluding hydrogens is 214 g/mol. The van der Waals surface area contributed by atoms with Gasteiger partial charge in [-0.1, -0.05) is 27.7 Å². The van der Waals surface area contributed by atoms with Gasteiger partial charge in [0, 0.05) is 25.3 Å². The summed E-state index contributed by atoms with van der Waals surface area (Å²) in [6.07, 6.45) is 3.95. The van der Waals surface area contributed by atoms with Crippen molar-refractivity contribution < 1.29 is 4.79 Å². The number of nitrogens with zero attached hydrogens (tertiary/aromatic N) is 3. The van der Waals surface area contributed by atoms with Crippen molar-refractivity contribution in [2.75, 3.05) is 0 Å². The number of aryl methyl sites for hydroxylation is 1. The Hall–Kier alpha value is -1.19. The van der Waals surface area contributed by atoms with Gasteiger partial charge in [-0.3, -0.25) is 4.79 Å². The van der Waals surface area contributed by atoms with Gasteiger partial charge < -0.3 is 0 Å². The first-order valence-corrected chi connectivity index (χ1v) is 6.40. The predicted molar refractivity (Wildman–Crippen MR) is 67.6 cm³/mol. The Labute approximate surface area is 103 Å². The molecule has 0 fully saturated rings. The SMILES string of the molecule is CC(C)Cn1ncnc1CCCC(=O)C(C)C. The third-order valence-corrected chi connectivity index (χ3v) is 2.70. The second kappa shape index (κ2) is 6.52. The van der Waals surface area contributed by atoms with Crippen LogP contribution in [0.15, 0.2) is 6.33 Å². The zero-order valence-electron chi connectivity index (χ0n) is 11.3. The first kappa shape index (κ1) is 13.9. The molecule has 0 saturated heterocycles. The maximum atomic E-state index is 11.5. The molecule has 0 aliphatic rings. The molecule has 0 atom stereocenters. The molecule has 17 heavy (non-hydrogen) atoms. The van der Waals surface area contributed by atoms with E-state index in [1.165, 1.54) is 0 Å². The average molecular weight is 237 g/mol. The summed E-state index contributed by atoms with van der Waals surface area (Å²) in [6.45, 7) is 9.11. The quantitative estimate of drug-likeness (QED) is 0.732. The van der Waals surface area contributed by atoms with Gasteiger partial charge in [-0.2, -0.15) is 5.10 Å². The van der Waals surface area contributed by atoms with Gasteiger partial charge >= 0.3 is 0 Å². The van der Waals surface area contributed by atoms with E-state index in [0.717, 1.165) is 25.2 Å². The fourth-order valence-electron chi connectivity index (χ4n) is 1.69. The van der Waals surface area contributed by atoms with E-state index in [1.54, 1.807) is 6.33 Å². The summed E-state index contributed by atoms with van der Waals surface area (Å²) in [6, 6.07) is 0. The first-order valence-electron chi connectivity index (χ1n) is 6.40. The summed E-state index contributed by atoms with van der Waals surface area (Å²) in [7, 11) is 0. The number of Topliss-reactive ketones (excluding diaryl/α,β-unsaturated/α-hetero) is 1. The molecule has 0 aromatic carbocycles. The van der Waals surface area contributed by atoms with Gasteiger partial charge in [0.15, 0.2) is 0 Å². The number of ketones is 1. The molecule has 0 aliphatic heterocycles. The fourth-order valence-corrected chi connectivity index (χ4v) is 1.69. The highest BCUT2D eigenvalue weighted by Crippen LogP contribution is 2.07. The largest absolute Gasteiger partial charge is 0.299 e. The van der Waals surface area contributed by atoms with Gasteiger partial charge in [0.25, 0.3) is 0 Å². The van der Waals surface area contributed by atoms with E-state index in [-0.39, 0.29) is 5.92 Å². The zero-order valence-corrected chi connectivity index (χ0v) is 11.3. The van der Waals surface area contributed by atoms with Crippen LogP contribution in [0.3, 0.4) is 0 Å². The van der Waals surface area contributed by atoms with Crippen LogP contribution < -0.4 is 0 Å². The van der Waals surface area contributed by atoms with E-state index in [1.807, 2.05) is 18.5 Å². The normalized spacial score (nSPS) is 11.4. The van der Waals surface area contributed by atoms with Crippen LogP contribution in [-0.2, 0) is 17.8 Å². The number of hydrogen-bond donors (Lipinski definition) is 0. The molecule has 4 heteroatoms. The van der Waals surface area contributed by atoms with Crippen molar-refractivity contribution in [2.45, 2.75) is 53.5 Å². The minimum Gasteiger partial charge on any atom is -0.299 e. The molecule has 1 rings (SSSR count). The van der Waals surface area contributed by atoms with Crippen LogP contribution in [0, 0.1) is 11.8 Å². The smallest absolute Gasteiger partial charge is 0.138 e. The van der Waals surface area contributed by atoms with E-state index in [2.05, 4.69) is 23.9 Å². The highest BCUT2D eigenvalue weighted by molar-refractivity contribution is 5.80. The summed E-state index contributed by atoms with van der Waals surface area (Å²) in [5, 5.41) is 4.21. The van der Waals surface area contributed by atoms with Gasteiger partial charge in [-0.05, 0) is 12.3 Å². The maximum absolute atomic E-state index is 11.5. The van der Waals surface area contributed by atoms with Crippen LogP contribution in [0.1, 0.15) is 46.4 Å². The standard InChI is InChI=1S/C13H23N3O/c1-10(2)8-16-13(14-9-15-16)7-5-6-12(17)11(3)4/h9-11H,5-8H2,1-4H3. The first-order chi connectivity index (χ1) is 8.00. The molecule has 0 bridgehead atoms. The van der Waals surface area contributed by atoms with Crippen molar-refractivity contribution >= 4 is 5.78 Å². The minimum atomic E-state index is 0.142. The second-order valence-corrected chi connectivity index (χ2v) is 5.23. The van der Waals surface area contributed by atoms with Crippen LogP contribution in [0.5, 0.6) is 0 Å². The molecule has 1 aromatic heterocycles. The number of hydrogen-bond acceptors (Lipinski definition) is 3. The highest BCUT2D eigenvalue weighted by atomic mass is 16.1. The highest BCUT2D eigenvalue weighted by Gasteiger charge is 2.09. The van der Waals surface area contributed by atoms with Gasteiger partial charge in [0.1, 0.15) is 17.9 Å². The van der Waals surface area contributed by atoms with Crippen LogP contribution in [0.25, 0.3) is 0 Å².